The summed E-state index contributed by atoms with van der Waals surface area (Å²) in [5.41, 5.74) is 0.729. The maximum absolute atomic E-state index is 11.0. The highest BCUT2D eigenvalue weighted by Crippen LogP contribution is 2.02. The lowest BCUT2D eigenvalue weighted by Gasteiger charge is -2.02. The molecule has 0 saturated heterocycles. The summed E-state index contributed by atoms with van der Waals surface area (Å²) in [6.07, 6.45) is 3.23. The SMILES string of the molecule is COCC(=O)Nc1ccncc1. The van der Waals surface area contributed by atoms with Crippen molar-refractivity contribution in [2.24, 2.45) is 0 Å². The van der Waals surface area contributed by atoms with Crippen LogP contribution in [0.4, 0.5) is 5.69 Å². The molecule has 1 amide bonds. The number of nitrogens with zero attached hydrogens (tertiary/aromatic N) is 1. The molecule has 64 valence electrons. The van der Waals surface area contributed by atoms with E-state index in [-0.39, 0.29) is 12.5 Å². The molecule has 0 spiro atoms. The van der Waals surface area contributed by atoms with Crippen LogP contribution in [-0.2, 0) is 9.53 Å². The van der Waals surface area contributed by atoms with E-state index >= 15 is 0 Å². The number of hydrogen-bond donors (Lipinski definition) is 1. The van der Waals surface area contributed by atoms with Gasteiger partial charge in [0.25, 0.3) is 0 Å². The van der Waals surface area contributed by atoms with Crippen molar-refractivity contribution in [3.05, 3.63) is 24.5 Å². The number of carbonyl (C=O) groups is 1. The van der Waals surface area contributed by atoms with Crippen molar-refractivity contribution in [2.75, 3.05) is 19.0 Å². The van der Waals surface area contributed by atoms with E-state index in [1.54, 1.807) is 24.5 Å². The van der Waals surface area contributed by atoms with E-state index in [4.69, 9.17) is 0 Å². The molecule has 0 aliphatic heterocycles. The van der Waals surface area contributed by atoms with Crippen molar-refractivity contribution < 1.29 is 9.53 Å². The Morgan fingerprint density at radius 3 is 2.83 bits per heavy atom. The van der Waals surface area contributed by atoms with Crippen molar-refractivity contribution in [3.63, 3.8) is 0 Å². The van der Waals surface area contributed by atoms with Crippen molar-refractivity contribution in [2.45, 2.75) is 0 Å². The monoisotopic (exact) mass is 166 g/mol. The minimum atomic E-state index is -0.163. The number of ether oxygens (including phenoxy) is 1. The van der Waals surface area contributed by atoms with Crippen LogP contribution < -0.4 is 5.32 Å². The number of nitrogens with one attached hydrogen (secondary N) is 1. The molecule has 4 nitrogen and oxygen atoms in total. The first-order chi connectivity index (χ1) is 5.83. The minimum absolute atomic E-state index is 0.0717. The molecule has 1 rings (SSSR count). The van der Waals surface area contributed by atoms with E-state index in [9.17, 15) is 4.79 Å². The van der Waals surface area contributed by atoms with Crippen LogP contribution in [0.5, 0.6) is 0 Å². The number of anilines is 1. The normalized spacial score (nSPS) is 9.42. The topological polar surface area (TPSA) is 51.2 Å². The fourth-order valence-electron chi connectivity index (χ4n) is 0.763. The van der Waals surface area contributed by atoms with E-state index in [0.717, 1.165) is 5.69 Å². The van der Waals surface area contributed by atoms with E-state index in [2.05, 4.69) is 15.0 Å². The average Bonchev–Trinajstić information content (AvgIpc) is 2.06. The zero-order chi connectivity index (χ0) is 8.81. The average molecular weight is 166 g/mol. The second kappa shape index (κ2) is 4.46. The van der Waals surface area contributed by atoms with E-state index < -0.39 is 0 Å². The summed E-state index contributed by atoms with van der Waals surface area (Å²) in [5.74, 6) is -0.163. The third-order valence-corrected chi connectivity index (χ3v) is 1.24. The Bertz CT molecular complexity index is 248. The van der Waals surface area contributed by atoms with E-state index in [1.165, 1.54) is 7.11 Å². The van der Waals surface area contributed by atoms with Gasteiger partial charge in [-0.05, 0) is 12.1 Å². The highest BCUT2D eigenvalue weighted by molar-refractivity contribution is 5.91. The molecular weight excluding hydrogens is 156 g/mol. The molecule has 12 heavy (non-hydrogen) atoms. The number of methoxy groups -OCH3 is 1. The lowest BCUT2D eigenvalue weighted by Crippen LogP contribution is -2.16. The molecule has 0 unspecified atom stereocenters. The molecule has 4 heteroatoms. The third kappa shape index (κ3) is 2.67. The first-order valence-electron chi connectivity index (χ1n) is 3.52. The second-order valence-corrected chi connectivity index (χ2v) is 2.22. The van der Waals surface area contributed by atoms with Crippen molar-refractivity contribution >= 4 is 11.6 Å². The third-order valence-electron chi connectivity index (χ3n) is 1.24. The van der Waals surface area contributed by atoms with E-state index in [1.807, 2.05) is 0 Å². The van der Waals surface area contributed by atoms with Crippen LogP contribution in [0.25, 0.3) is 0 Å². The number of aromatic nitrogens is 1. The molecule has 1 heterocycles. The smallest absolute Gasteiger partial charge is 0.250 e. The van der Waals surface area contributed by atoms with Crippen LogP contribution in [0.2, 0.25) is 0 Å². The van der Waals surface area contributed by atoms with Gasteiger partial charge in [-0.3, -0.25) is 9.78 Å². The number of carbonyl (C=O) groups excluding carboxylic acids is 1. The maximum Gasteiger partial charge on any atom is 0.250 e. The molecular formula is C8H10N2O2. The molecule has 0 aliphatic carbocycles. The summed E-state index contributed by atoms with van der Waals surface area (Å²) in [6, 6.07) is 3.43. The Balaban J connectivity index is 2.47. The second-order valence-electron chi connectivity index (χ2n) is 2.22. The predicted molar refractivity (Wildman–Crippen MR) is 44.7 cm³/mol. The molecule has 0 saturated carbocycles. The van der Waals surface area contributed by atoms with Crippen LogP contribution in [0.15, 0.2) is 24.5 Å². The van der Waals surface area contributed by atoms with Gasteiger partial charge in [-0.1, -0.05) is 0 Å². The zero-order valence-corrected chi connectivity index (χ0v) is 6.78. The Morgan fingerprint density at radius 2 is 2.25 bits per heavy atom. The van der Waals surface area contributed by atoms with Gasteiger partial charge in [-0.25, -0.2) is 0 Å². The minimum Gasteiger partial charge on any atom is -0.375 e. The van der Waals surface area contributed by atoms with Crippen molar-refractivity contribution in [1.29, 1.82) is 0 Å². The van der Waals surface area contributed by atoms with Gasteiger partial charge in [0.15, 0.2) is 0 Å². The number of rotatable bonds is 3. The Labute approximate surface area is 70.6 Å². The van der Waals surface area contributed by atoms with Gasteiger partial charge in [-0.15, -0.1) is 0 Å². The van der Waals surface area contributed by atoms with Crippen LogP contribution in [-0.4, -0.2) is 24.6 Å². The van der Waals surface area contributed by atoms with Crippen molar-refractivity contribution in [3.8, 4) is 0 Å². The van der Waals surface area contributed by atoms with Crippen LogP contribution >= 0.6 is 0 Å². The fraction of sp³-hybridized carbons (Fsp3) is 0.250. The summed E-state index contributed by atoms with van der Waals surface area (Å²) in [4.78, 5) is 14.8. The van der Waals surface area contributed by atoms with Crippen molar-refractivity contribution in [1.82, 2.24) is 4.98 Å². The lowest BCUT2D eigenvalue weighted by molar-refractivity contribution is -0.119. The predicted octanol–water partition coefficient (Wildman–Crippen LogP) is 0.666. The summed E-state index contributed by atoms with van der Waals surface area (Å²) in [7, 11) is 1.48. The van der Waals surface area contributed by atoms with Gasteiger partial charge >= 0.3 is 0 Å². The van der Waals surface area contributed by atoms with Gasteiger partial charge in [-0.2, -0.15) is 0 Å². The summed E-state index contributed by atoms with van der Waals surface area (Å²) < 4.78 is 4.65. The van der Waals surface area contributed by atoms with Gasteiger partial charge < -0.3 is 10.1 Å². The first kappa shape index (κ1) is 8.67. The summed E-state index contributed by atoms with van der Waals surface area (Å²) in [6.45, 7) is 0.0717. The molecule has 1 aromatic rings. The number of hydrogen-bond acceptors (Lipinski definition) is 3. The Morgan fingerprint density at radius 1 is 1.58 bits per heavy atom. The Hall–Kier alpha value is -1.42. The van der Waals surface area contributed by atoms with Crippen LogP contribution in [0, 0.1) is 0 Å². The van der Waals surface area contributed by atoms with Gasteiger partial charge in [0.1, 0.15) is 6.61 Å². The summed E-state index contributed by atoms with van der Waals surface area (Å²) in [5, 5.41) is 2.64. The molecule has 0 atom stereocenters. The molecule has 0 aliphatic rings. The van der Waals surface area contributed by atoms with Crippen LogP contribution in [0.1, 0.15) is 0 Å². The Kier molecular flexibility index (Phi) is 3.22. The fourth-order valence-corrected chi connectivity index (χ4v) is 0.763. The largest absolute Gasteiger partial charge is 0.375 e. The van der Waals surface area contributed by atoms with Gasteiger partial charge in [0, 0.05) is 25.2 Å². The van der Waals surface area contributed by atoms with Gasteiger partial charge in [0.2, 0.25) is 5.91 Å². The molecule has 1 aromatic heterocycles. The standard InChI is InChI=1S/C8H10N2O2/c1-12-6-8(11)10-7-2-4-9-5-3-7/h2-5H,6H2,1H3,(H,9,10,11). The first-order valence-corrected chi connectivity index (χ1v) is 3.52. The highest BCUT2D eigenvalue weighted by atomic mass is 16.5. The maximum atomic E-state index is 11.0. The van der Waals surface area contributed by atoms with Crippen LogP contribution in [0.3, 0.4) is 0 Å². The van der Waals surface area contributed by atoms with Gasteiger partial charge in [0.05, 0.1) is 0 Å². The molecule has 0 bridgehead atoms. The lowest BCUT2D eigenvalue weighted by atomic mass is 10.4. The summed E-state index contributed by atoms with van der Waals surface area (Å²) >= 11 is 0. The molecule has 0 fully saturated rings. The molecule has 0 aromatic carbocycles. The zero-order valence-electron chi connectivity index (χ0n) is 6.78. The molecule has 1 N–H and O–H groups in total. The number of amides is 1. The quantitative estimate of drug-likeness (QED) is 0.717. The number of pyridine rings is 1. The molecule has 0 radical (unpaired) electrons. The highest BCUT2D eigenvalue weighted by Gasteiger charge is 1.98. The van der Waals surface area contributed by atoms with E-state index in [0.29, 0.717) is 0 Å².